The van der Waals surface area contributed by atoms with E-state index in [0.717, 1.165) is 26.0 Å². The van der Waals surface area contributed by atoms with Crippen molar-refractivity contribution in [1.29, 1.82) is 0 Å². The third kappa shape index (κ3) is 8.70. The lowest BCUT2D eigenvalue weighted by Gasteiger charge is -2.28. The fourth-order valence-electron chi connectivity index (χ4n) is 4.80. The number of aromatic nitrogens is 2. The van der Waals surface area contributed by atoms with Crippen LogP contribution in [0.5, 0.6) is 0 Å². The van der Waals surface area contributed by atoms with Gasteiger partial charge in [0.1, 0.15) is 12.3 Å². The van der Waals surface area contributed by atoms with E-state index in [0.29, 0.717) is 25.5 Å². The van der Waals surface area contributed by atoms with E-state index in [9.17, 15) is 32.6 Å². The van der Waals surface area contributed by atoms with Gasteiger partial charge in [-0.1, -0.05) is 74.1 Å². The number of carbonyl (C=O) groups excluding carboxylic acids is 1. The van der Waals surface area contributed by atoms with Crippen LogP contribution in [0.25, 0.3) is 11.1 Å². The molecule has 4 aromatic rings. The van der Waals surface area contributed by atoms with Crippen LogP contribution in [0.15, 0.2) is 82.7 Å². The monoisotopic (exact) mass is 680 g/mol. The van der Waals surface area contributed by atoms with E-state index in [1.54, 1.807) is 0 Å². The molecular weight excluding hydrogens is 628 g/mol. The maximum atomic E-state index is 14.8. The molecule has 1 heterocycles. The highest BCUT2D eigenvalue weighted by atomic mass is 32.2. The SMILES string of the molecule is [2H]c1c([2H])c(C([2H])([2H])Sc2nc(=O)c3c(n2C([2H])([2H])C(=O)N(CCN(C([2H])([2H])C)C([2H])([2H])C)C([2H])([2H])c2ccc(-c4ccc(C(F)(F)F)cc4)cc2)CCC3)c([2H])c([2H])c1F. The second kappa shape index (κ2) is 15.3. The summed E-state index contributed by atoms with van der Waals surface area (Å²) in [6, 6.07) is 4.49. The van der Waals surface area contributed by atoms with Crippen LogP contribution in [0.2, 0.25) is 0 Å². The van der Waals surface area contributed by atoms with Crippen molar-refractivity contribution in [3.63, 3.8) is 0 Å². The van der Waals surface area contributed by atoms with Gasteiger partial charge in [-0.05, 0) is 78.7 Å². The number of thioether (sulfide) groups is 1. The molecule has 0 spiro atoms. The molecule has 248 valence electrons. The number of hydrogen-bond acceptors (Lipinski definition) is 5. The lowest BCUT2D eigenvalue weighted by molar-refractivity contribution is -0.137. The molecule has 47 heavy (non-hydrogen) atoms. The number of rotatable bonds is 13. The van der Waals surface area contributed by atoms with E-state index >= 15 is 0 Å². The van der Waals surface area contributed by atoms with Crippen molar-refractivity contribution >= 4 is 17.7 Å². The number of carbonyl (C=O) groups is 1. The van der Waals surface area contributed by atoms with Gasteiger partial charge in [0.15, 0.2) is 5.16 Å². The topological polar surface area (TPSA) is 58.4 Å². The summed E-state index contributed by atoms with van der Waals surface area (Å²) < 4.78 is 175. The van der Waals surface area contributed by atoms with E-state index in [1.165, 1.54) is 36.4 Å². The van der Waals surface area contributed by atoms with Gasteiger partial charge in [-0.3, -0.25) is 9.59 Å². The molecule has 1 aliphatic rings. The van der Waals surface area contributed by atoms with Crippen molar-refractivity contribution in [3.05, 3.63) is 117 Å². The Morgan fingerprint density at radius 1 is 0.957 bits per heavy atom. The zero-order valence-corrected chi connectivity index (χ0v) is 26.0. The first-order chi connectivity index (χ1) is 27.8. The van der Waals surface area contributed by atoms with Crippen molar-refractivity contribution in [3.8, 4) is 11.1 Å². The van der Waals surface area contributed by atoms with E-state index < -0.39 is 109 Å². The molecule has 0 N–H and O–H groups in total. The van der Waals surface area contributed by atoms with Gasteiger partial charge < -0.3 is 14.4 Å². The maximum Gasteiger partial charge on any atom is 0.416 e. The normalized spacial score (nSPS) is 18.7. The number of amides is 1. The number of nitrogens with zero attached hydrogens (tertiary/aromatic N) is 4. The lowest BCUT2D eigenvalue weighted by Crippen LogP contribution is -2.40. The van der Waals surface area contributed by atoms with Crippen LogP contribution in [0.3, 0.4) is 0 Å². The molecule has 1 amide bonds. The third-order valence-electron chi connectivity index (χ3n) is 7.18. The lowest BCUT2D eigenvalue weighted by atomic mass is 10.0. The average molecular weight is 681 g/mol. The highest BCUT2D eigenvalue weighted by molar-refractivity contribution is 7.98. The Morgan fingerprint density at radius 3 is 2.21 bits per heavy atom. The van der Waals surface area contributed by atoms with Crippen LogP contribution in [0.1, 0.15) is 67.4 Å². The van der Waals surface area contributed by atoms with Crippen molar-refractivity contribution in [2.24, 2.45) is 0 Å². The highest BCUT2D eigenvalue weighted by Gasteiger charge is 2.30. The molecule has 0 saturated heterocycles. The van der Waals surface area contributed by atoms with Crippen LogP contribution in [0.4, 0.5) is 17.6 Å². The Balaban J connectivity index is 1.65. The number of likely N-dealkylation sites (N-methyl/N-ethyl adjacent to an activating group) is 1. The summed E-state index contributed by atoms with van der Waals surface area (Å²) in [5, 5.41) is -0.840. The summed E-state index contributed by atoms with van der Waals surface area (Å²) >= 11 is -0.0743. The molecule has 0 fully saturated rings. The molecule has 5 rings (SSSR count). The highest BCUT2D eigenvalue weighted by Crippen LogP contribution is 2.31. The van der Waals surface area contributed by atoms with Crippen LogP contribution in [-0.4, -0.2) is 51.3 Å². The minimum atomic E-state index is -4.60. The van der Waals surface area contributed by atoms with Gasteiger partial charge >= 0.3 is 6.18 Å². The molecule has 11 heteroatoms. The Bertz CT molecular complexity index is 2350. The maximum absolute atomic E-state index is 14.8. The summed E-state index contributed by atoms with van der Waals surface area (Å²) in [6.07, 6.45) is -4.36. The van der Waals surface area contributed by atoms with Crippen LogP contribution < -0.4 is 5.56 Å². The summed E-state index contributed by atoms with van der Waals surface area (Å²) in [5.74, 6) is -3.26. The number of fused-ring (bicyclic) bond motifs is 1. The van der Waals surface area contributed by atoms with Crippen molar-refractivity contribution in [2.75, 3.05) is 26.1 Å². The second-order valence-electron chi connectivity index (χ2n) is 10.1. The van der Waals surface area contributed by atoms with Crippen molar-refractivity contribution in [2.45, 2.75) is 63.1 Å². The molecular formula is C36H38F4N4O2S. The first kappa shape index (κ1) is 20.4. The largest absolute Gasteiger partial charge is 0.416 e. The fraction of sp³-hybridized carbons (Fsp3) is 0.361. The van der Waals surface area contributed by atoms with Crippen molar-refractivity contribution in [1.82, 2.24) is 19.4 Å². The van der Waals surface area contributed by atoms with Crippen LogP contribution >= 0.6 is 11.8 Å². The zero-order chi connectivity index (χ0) is 46.0. The standard InChI is InChI=1S/C36H38F4N4O2S/c1-3-42(4-2)20-21-43(22-25-8-12-27(13-9-25)28-14-16-29(17-15-28)36(38,39)40)33(45)23-44-32-7-5-6-31(32)34(46)41-35(44)47-24-26-10-18-30(37)19-11-26/h8-19H,3-7,20-24H2,1-2H3/i3D2,4D2,10D,11D,18D,19D,22D2,23D2,24D2. The van der Waals surface area contributed by atoms with Crippen LogP contribution in [-0.2, 0) is 42.5 Å². The molecule has 0 unspecified atom stereocenters. The molecule has 0 saturated carbocycles. The summed E-state index contributed by atoms with van der Waals surface area (Å²) in [5.41, 5.74) is -5.77. The average Bonchev–Trinajstić information content (AvgIpc) is 3.63. The molecule has 0 radical (unpaired) electrons. The van der Waals surface area contributed by atoms with Gasteiger partial charge in [-0.2, -0.15) is 18.2 Å². The van der Waals surface area contributed by atoms with Gasteiger partial charge in [0.25, 0.3) is 5.56 Å². The van der Waals surface area contributed by atoms with Crippen molar-refractivity contribution < 1.29 is 41.5 Å². The van der Waals surface area contributed by atoms with Crippen LogP contribution in [0, 0.1) is 5.82 Å². The molecule has 1 aromatic heterocycles. The quantitative estimate of drug-likeness (QED) is 0.0849. The zero-order valence-electron chi connectivity index (χ0n) is 39.2. The number of hydrogen-bond donors (Lipinski definition) is 0. The summed E-state index contributed by atoms with van der Waals surface area (Å²) in [4.78, 5) is 33.0. The van der Waals surface area contributed by atoms with Gasteiger partial charge in [-0.25, -0.2) is 4.39 Å². The Morgan fingerprint density at radius 2 is 1.60 bits per heavy atom. The van der Waals surface area contributed by atoms with E-state index in [2.05, 4.69) is 4.98 Å². The fourth-order valence-corrected chi connectivity index (χ4v) is 5.47. The van der Waals surface area contributed by atoms with E-state index in [1.807, 2.05) is 0 Å². The van der Waals surface area contributed by atoms with Gasteiger partial charge in [0.2, 0.25) is 5.91 Å². The molecule has 0 bridgehead atoms. The molecule has 1 aliphatic carbocycles. The number of halogens is 4. The Labute approximate surface area is 296 Å². The van der Waals surface area contributed by atoms with E-state index in [4.69, 9.17) is 13.7 Å². The molecule has 0 aliphatic heterocycles. The predicted octanol–water partition coefficient (Wildman–Crippen LogP) is 7.22. The minimum absolute atomic E-state index is 0.0504. The Hall–Kier alpha value is -3.96. The Kier molecular flexibility index (Phi) is 6.64. The minimum Gasteiger partial charge on any atom is -0.336 e. The number of alkyl halides is 3. The molecule has 3 aromatic carbocycles. The van der Waals surface area contributed by atoms with Gasteiger partial charge in [0, 0.05) is 44.8 Å². The van der Waals surface area contributed by atoms with Gasteiger partial charge in [0.05, 0.1) is 16.5 Å². The smallest absolute Gasteiger partial charge is 0.336 e. The second-order valence-corrected chi connectivity index (χ2v) is 10.9. The summed E-state index contributed by atoms with van der Waals surface area (Å²) in [6.45, 7) is -10.9. The third-order valence-corrected chi connectivity index (χ3v) is 7.94. The first-order valence-electron chi connectivity index (χ1n) is 21.3. The van der Waals surface area contributed by atoms with E-state index in [-0.39, 0.29) is 47.8 Å². The summed E-state index contributed by atoms with van der Waals surface area (Å²) in [7, 11) is 0. The number of benzene rings is 3. The first-order valence-corrected chi connectivity index (χ1v) is 15.1. The predicted molar refractivity (Wildman–Crippen MR) is 177 cm³/mol. The van der Waals surface area contributed by atoms with Gasteiger partial charge in [-0.15, -0.1) is 0 Å². The molecule has 0 atom stereocenters. The molecule has 6 nitrogen and oxygen atoms in total.